The molecule has 0 saturated carbocycles. The maximum absolute atomic E-state index is 12.8. The molecule has 0 atom stereocenters. The quantitative estimate of drug-likeness (QED) is 0.114. The first-order valence-corrected chi connectivity index (χ1v) is 16.6. The largest absolute Gasteiger partial charge is 0.340 e. The molecular weight excluding hydrogens is 620 g/mol. The molecule has 6 rings (SSSR count). The number of fused-ring (bicyclic) bond motifs is 3. The summed E-state index contributed by atoms with van der Waals surface area (Å²) in [5.41, 5.74) is 5.20. The van der Waals surface area contributed by atoms with Gasteiger partial charge in [-0.05, 0) is 42.2 Å². The number of piperazine rings is 1. The summed E-state index contributed by atoms with van der Waals surface area (Å²) in [6.07, 6.45) is 6.77. The summed E-state index contributed by atoms with van der Waals surface area (Å²) in [4.78, 5) is 22.2. The summed E-state index contributed by atoms with van der Waals surface area (Å²) in [6, 6.07) is 27.0. The van der Waals surface area contributed by atoms with Gasteiger partial charge in [-0.1, -0.05) is 101 Å². The molecule has 0 bridgehead atoms. The summed E-state index contributed by atoms with van der Waals surface area (Å²) in [6.45, 7) is 5.09. The van der Waals surface area contributed by atoms with Crippen LogP contribution in [0.15, 0.2) is 94.6 Å². The number of aromatic nitrogens is 4. The van der Waals surface area contributed by atoms with Crippen LogP contribution in [0.3, 0.4) is 0 Å². The van der Waals surface area contributed by atoms with Crippen molar-refractivity contribution in [3.63, 3.8) is 0 Å². The van der Waals surface area contributed by atoms with Gasteiger partial charge >= 0.3 is 0 Å². The van der Waals surface area contributed by atoms with Crippen molar-refractivity contribution >= 4 is 61.7 Å². The SMILES string of the molecule is O=C(CCCCSc1nnc2c3ccccc3n(Cc3ccc(Br)cc3)c2n1)N1CCN(CC=Cc2ccccc2)CC1. The van der Waals surface area contributed by atoms with E-state index in [1.807, 2.05) is 23.1 Å². The van der Waals surface area contributed by atoms with Crippen molar-refractivity contribution in [3.8, 4) is 0 Å². The Bertz CT molecular complexity index is 1700. The molecule has 3 heterocycles. The summed E-state index contributed by atoms with van der Waals surface area (Å²) in [5, 5.41) is 10.8. The normalized spacial score (nSPS) is 14.3. The number of para-hydroxylation sites is 1. The predicted molar refractivity (Wildman–Crippen MR) is 179 cm³/mol. The molecule has 43 heavy (non-hydrogen) atoms. The molecule has 1 fully saturated rings. The number of amides is 1. The number of hydrogen-bond donors (Lipinski definition) is 0. The number of benzene rings is 3. The Morgan fingerprint density at radius 3 is 2.47 bits per heavy atom. The van der Waals surface area contributed by atoms with Crippen molar-refractivity contribution < 1.29 is 4.79 Å². The molecule has 0 aliphatic carbocycles. The molecule has 1 aliphatic heterocycles. The lowest BCUT2D eigenvalue weighted by molar-refractivity contribution is -0.132. The second-order valence-corrected chi connectivity index (χ2v) is 12.8. The standard InChI is InChI=1S/C34H35BrN6OS/c35-28-17-15-27(16-18-28)25-41-30-13-5-4-12-29(30)32-33(41)36-34(38-37-32)43-24-7-6-14-31(42)40-22-20-39(21-23-40)19-8-11-26-9-2-1-3-10-26/h1-5,8-13,15-18H,6-7,14,19-25H2. The van der Waals surface area contributed by atoms with Crippen LogP contribution < -0.4 is 0 Å². The zero-order valence-electron chi connectivity index (χ0n) is 24.1. The monoisotopic (exact) mass is 654 g/mol. The highest BCUT2D eigenvalue weighted by atomic mass is 79.9. The van der Waals surface area contributed by atoms with Crippen molar-refractivity contribution in [1.82, 2.24) is 29.5 Å². The van der Waals surface area contributed by atoms with E-state index in [4.69, 9.17) is 4.98 Å². The maximum atomic E-state index is 12.8. The van der Waals surface area contributed by atoms with Crippen LogP contribution in [0.5, 0.6) is 0 Å². The Morgan fingerprint density at radius 1 is 0.884 bits per heavy atom. The number of carbonyl (C=O) groups is 1. The Hall–Kier alpha value is -3.53. The highest BCUT2D eigenvalue weighted by molar-refractivity contribution is 9.10. The van der Waals surface area contributed by atoms with E-state index in [9.17, 15) is 4.79 Å². The van der Waals surface area contributed by atoms with Gasteiger partial charge in [0.05, 0.1) is 5.52 Å². The van der Waals surface area contributed by atoms with E-state index in [1.54, 1.807) is 11.8 Å². The highest BCUT2D eigenvalue weighted by Crippen LogP contribution is 2.28. The van der Waals surface area contributed by atoms with Crippen LogP contribution in [0.1, 0.15) is 30.4 Å². The topological polar surface area (TPSA) is 67.2 Å². The Kier molecular flexibility index (Phi) is 9.82. The van der Waals surface area contributed by atoms with Gasteiger partial charge < -0.3 is 9.47 Å². The molecule has 5 aromatic rings. The fourth-order valence-electron chi connectivity index (χ4n) is 5.46. The van der Waals surface area contributed by atoms with Crippen molar-refractivity contribution in [1.29, 1.82) is 0 Å². The summed E-state index contributed by atoms with van der Waals surface area (Å²) in [5.74, 6) is 1.12. The van der Waals surface area contributed by atoms with E-state index >= 15 is 0 Å². The number of carbonyl (C=O) groups excluding carboxylic acids is 1. The van der Waals surface area contributed by atoms with Gasteiger partial charge in [0.2, 0.25) is 11.1 Å². The van der Waals surface area contributed by atoms with Gasteiger partial charge in [-0.15, -0.1) is 10.2 Å². The average molecular weight is 656 g/mol. The molecule has 1 saturated heterocycles. The smallest absolute Gasteiger partial charge is 0.222 e. The van der Waals surface area contributed by atoms with E-state index in [0.717, 1.165) is 77.9 Å². The minimum Gasteiger partial charge on any atom is -0.340 e. The van der Waals surface area contributed by atoms with Crippen LogP contribution in [-0.4, -0.2) is 73.9 Å². The summed E-state index contributed by atoms with van der Waals surface area (Å²) < 4.78 is 3.29. The first kappa shape index (κ1) is 29.5. The highest BCUT2D eigenvalue weighted by Gasteiger charge is 2.20. The van der Waals surface area contributed by atoms with Gasteiger partial charge in [0.1, 0.15) is 5.52 Å². The van der Waals surface area contributed by atoms with E-state index in [0.29, 0.717) is 18.1 Å². The molecule has 3 aromatic carbocycles. The number of unbranched alkanes of at least 4 members (excludes halogenated alkanes) is 1. The van der Waals surface area contributed by atoms with E-state index in [2.05, 4.69) is 108 Å². The van der Waals surface area contributed by atoms with Crippen molar-refractivity contribution in [2.75, 3.05) is 38.5 Å². The second-order valence-electron chi connectivity index (χ2n) is 10.8. The van der Waals surface area contributed by atoms with Gasteiger partial charge in [-0.3, -0.25) is 9.69 Å². The number of rotatable bonds is 11. The number of halogens is 1. The van der Waals surface area contributed by atoms with Crippen LogP contribution in [0.2, 0.25) is 0 Å². The number of hydrogen-bond acceptors (Lipinski definition) is 6. The third-order valence-corrected chi connectivity index (χ3v) is 9.28. The number of nitrogens with zero attached hydrogens (tertiary/aromatic N) is 6. The number of thioether (sulfide) groups is 1. The second kappa shape index (κ2) is 14.3. The maximum Gasteiger partial charge on any atom is 0.222 e. The van der Waals surface area contributed by atoms with Gasteiger partial charge in [0, 0.05) is 61.3 Å². The van der Waals surface area contributed by atoms with Crippen LogP contribution in [0.25, 0.3) is 28.1 Å². The van der Waals surface area contributed by atoms with Gasteiger partial charge in [-0.25, -0.2) is 4.98 Å². The molecule has 9 heteroatoms. The fourth-order valence-corrected chi connectivity index (χ4v) is 6.51. The molecule has 220 valence electrons. The van der Waals surface area contributed by atoms with Crippen LogP contribution >= 0.6 is 27.7 Å². The minimum atomic E-state index is 0.265. The van der Waals surface area contributed by atoms with Crippen LogP contribution in [-0.2, 0) is 11.3 Å². The average Bonchev–Trinajstić information content (AvgIpc) is 3.35. The minimum absolute atomic E-state index is 0.265. The van der Waals surface area contributed by atoms with Crippen molar-refractivity contribution in [2.24, 2.45) is 0 Å². The van der Waals surface area contributed by atoms with E-state index in [1.165, 1.54) is 11.1 Å². The zero-order chi connectivity index (χ0) is 29.4. The lowest BCUT2D eigenvalue weighted by Gasteiger charge is -2.34. The third kappa shape index (κ3) is 7.52. The van der Waals surface area contributed by atoms with Gasteiger partial charge in [0.25, 0.3) is 0 Å². The fraction of sp³-hybridized carbons (Fsp3) is 0.294. The van der Waals surface area contributed by atoms with Crippen LogP contribution in [0, 0.1) is 0 Å². The molecule has 0 radical (unpaired) electrons. The molecule has 1 aliphatic rings. The van der Waals surface area contributed by atoms with Crippen molar-refractivity contribution in [3.05, 3.63) is 101 Å². The molecule has 2 aromatic heterocycles. The molecular formula is C34H35BrN6OS. The van der Waals surface area contributed by atoms with E-state index < -0.39 is 0 Å². The predicted octanol–water partition coefficient (Wildman–Crippen LogP) is 6.91. The summed E-state index contributed by atoms with van der Waals surface area (Å²) >= 11 is 5.14. The molecule has 0 spiro atoms. The lowest BCUT2D eigenvalue weighted by atomic mass is 10.2. The van der Waals surface area contributed by atoms with Gasteiger partial charge in [-0.2, -0.15) is 0 Å². The molecule has 0 N–H and O–H groups in total. The molecule has 1 amide bonds. The zero-order valence-corrected chi connectivity index (χ0v) is 26.5. The molecule has 7 nitrogen and oxygen atoms in total. The lowest BCUT2D eigenvalue weighted by Crippen LogP contribution is -2.48. The summed E-state index contributed by atoms with van der Waals surface area (Å²) in [7, 11) is 0. The Balaban J connectivity index is 0.975. The Labute approximate surface area is 265 Å². The molecule has 0 unspecified atom stereocenters. The first-order chi connectivity index (χ1) is 21.1. The third-order valence-electron chi connectivity index (χ3n) is 7.82. The van der Waals surface area contributed by atoms with Crippen molar-refractivity contribution in [2.45, 2.75) is 31.0 Å². The van der Waals surface area contributed by atoms with Crippen LogP contribution in [0.4, 0.5) is 0 Å². The Morgan fingerprint density at radius 2 is 1.65 bits per heavy atom. The first-order valence-electron chi connectivity index (χ1n) is 14.8. The van der Waals surface area contributed by atoms with E-state index in [-0.39, 0.29) is 5.91 Å². The van der Waals surface area contributed by atoms with Gasteiger partial charge in [0.15, 0.2) is 5.65 Å².